The van der Waals surface area contributed by atoms with Crippen molar-refractivity contribution in [3.8, 4) is 0 Å². The van der Waals surface area contributed by atoms with Gasteiger partial charge < -0.3 is 9.47 Å². The maximum atomic E-state index is 5.33. The molecule has 0 heterocycles. The predicted molar refractivity (Wildman–Crippen MR) is 65.7 cm³/mol. The van der Waals surface area contributed by atoms with E-state index in [1.165, 1.54) is 0 Å². The lowest BCUT2D eigenvalue weighted by molar-refractivity contribution is -0.203. The Morgan fingerprint density at radius 1 is 1.19 bits per heavy atom. The zero-order valence-corrected chi connectivity index (χ0v) is 10.1. The molecule has 0 aromatic heterocycles. The highest BCUT2D eigenvalue weighted by atomic mass is 16.7. The molecule has 1 rings (SSSR count). The van der Waals surface area contributed by atoms with Gasteiger partial charge in [0.25, 0.3) is 5.91 Å². The Morgan fingerprint density at radius 2 is 1.81 bits per heavy atom. The Bertz CT molecular complexity index is 318. The molecule has 0 N–H and O–H groups in total. The first kappa shape index (κ1) is 12.9. The Labute approximate surface area is 97.1 Å². The quantitative estimate of drug-likeness (QED) is 0.546. The SMILES string of the molecule is CCCC(/N=C/c1ccccc1)(OC)OC. The summed E-state index contributed by atoms with van der Waals surface area (Å²) in [7, 11) is 3.23. The molecule has 0 spiro atoms. The van der Waals surface area contributed by atoms with Crippen LogP contribution in [-0.4, -0.2) is 26.3 Å². The third kappa shape index (κ3) is 3.43. The van der Waals surface area contributed by atoms with Crippen LogP contribution in [-0.2, 0) is 9.47 Å². The second kappa shape index (κ2) is 6.40. The van der Waals surface area contributed by atoms with E-state index < -0.39 is 5.91 Å². The molecule has 1 aromatic rings. The number of methoxy groups -OCH3 is 2. The van der Waals surface area contributed by atoms with E-state index in [4.69, 9.17) is 9.47 Å². The first-order valence-electron chi connectivity index (χ1n) is 5.47. The zero-order chi connectivity index (χ0) is 11.9. The van der Waals surface area contributed by atoms with Crippen LogP contribution in [0.1, 0.15) is 25.3 Å². The van der Waals surface area contributed by atoms with Crippen molar-refractivity contribution in [1.29, 1.82) is 0 Å². The van der Waals surface area contributed by atoms with Gasteiger partial charge in [-0.2, -0.15) is 0 Å². The molecule has 0 aliphatic heterocycles. The number of hydrogen-bond donors (Lipinski definition) is 0. The summed E-state index contributed by atoms with van der Waals surface area (Å²) < 4.78 is 10.7. The number of ether oxygens (including phenoxy) is 2. The maximum Gasteiger partial charge on any atom is 0.268 e. The second-order valence-corrected chi connectivity index (χ2v) is 3.54. The first-order chi connectivity index (χ1) is 7.76. The van der Waals surface area contributed by atoms with E-state index in [0.717, 1.165) is 18.4 Å². The molecule has 0 saturated carbocycles. The van der Waals surface area contributed by atoms with Crippen molar-refractivity contribution in [1.82, 2.24) is 0 Å². The molecule has 0 unspecified atom stereocenters. The van der Waals surface area contributed by atoms with Gasteiger partial charge in [0, 0.05) is 26.9 Å². The molecule has 88 valence electrons. The molecule has 0 aliphatic carbocycles. The van der Waals surface area contributed by atoms with Gasteiger partial charge >= 0.3 is 0 Å². The summed E-state index contributed by atoms with van der Waals surface area (Å²) in [5.41, 5.74) is 1.04. The van der Waals surface area contributed by atoms with Gasteiger partial charge in [0.15, 0.2) is 0 Å². The Kier molecular flexibility index (Phi) is 5.15. The van der Waals surface area contributed by atoms with Crippen molar-refractivity contribution in [2.75, 3.05) is 14.2 Å². The highest BCUT2D eigenvalue weighted by Crippen LogP contribution is 2.19. The average molecular weight is 221 g/mol. The Balaban J connectivity index is 2.79. The van der Waals surface area contributed by atoms with Crippen molar-refractivity contribution in [3.05, 3.63) is 35.9 Å². The lowest BCUT2D eigenvalue weighted by Crippen LogP contribution is -2.31. The van der Waals surface area contributed by atoms with Crippen LogP contribution in [0.15, 0.2) is 35.3 Å². The van der Waals surface area contributed by atoms with Gasteiger partial charge in [0.05, 0.1) is 0 Å². The normalized spacial score (nSPS) is 12.2. The van der Waals surface area contributed by atoms with Crippen molar-refractivity contribution < 1.29 is 9.47 Å². The van der Waals surface area contributed by atoms with Crippen LogP contribution in [0.3, 0.4) is 0 Å². The molecule has 0 fully saturated rings. The highest BCUT2D eigenvalue weighted by molar-refractivity contribution is 5.79. The van der Waals surface area contributed by atoms with Gasteiger partial charge in [-0.15, -0.1) is 0 Å². The highest BCUT2D eigenvalue weighted by Gasteiger charge is 2.26. The summed E-state index contributed by atoms with van der Waals surface area (Å²) in [5.74, 6) is -0.843. The number of nitrogens with zero attached hydrogens (tertiary/aromatic N) is 1. The first-order valence-corrected chi connectivity index (χ1v) is 5.47. The third-order valence-corrected chi connectivity index (χ3v) is 2.41. The Hall–Kier alpha value is -1.19. The smallest absolute Gasteiger partial charge is 0.268 e. The summed E-state index contributed by atoms with van der Waals surface area (Å²) in [4.78, 5) is 4.38. The summed E-state index contributed by atoms with van der Waals surface area (Å²) in [5, 5.41) is 0. The minimum absolute atomic E-state index is 0.739. The molecule has 3 heteroatoms. The van der Waals surface area contributed by atoms with Crippen molar-refractivity contribution in [3.63, 3.8) is 0 Å². The minimum Gasteiger partial charge on any atom is -0.335 e. The van der Waals surface area contributed by atoms with Gasteiger partial charge in [0.2, 0.25) is 0 Å². The lowest BCUT2D eigenvalue weighted by Gasteiger charge is -2.25. The van der Waals surface area contributed by atoms with E-state index in [2.05, 4.69) is 11.9 Å². The number of aliphatic imine (C=N–C) groups is 1. The van der Waals surface area contributed by atoms with Crippen molar-refractivity contribution in [2.24, 2.45) is 4.99 Å². The minimum atomic E-state index is -0.843. The van der Waals surface area contributed by atoms with Crippen LogP contribution >= 0.6 is 0 Å². The van der Waals surface area contributed by atoms with Gasteiger partial charge in [-0.1, -0.05) is 37.3 Å². The molecule has 0 bridgehead atoms. The van der Waals surface area contributed by atoms with Gasteiger partial charge in [-0.25, -0.2) is 4.99 Å². The van der Waals surface area contributed by atoms with Crippen molar-refractivity contribution >= 4 is 6.21 Å². The van der Waals surface area contributed by atoms with Gasteiger partial charge in [-0.3, -0.25) is 0 Å². The largest absolute Gasteiger partial charge is 0.335 e. The number of hydrogen-bond acceptors (Lipinski definition) is 3. The fourth-order valence-corrected chi connectivity index (χ4v) is 1.49. The second-order valence-electron chi connectivity index (χ2n) is 3.54. The molecule has 0 radical (unpaired) electrons. The summed E-state index contributed by atoms with van der Waals surface area (Å²) in [6, 6.07) is 9.91. The molecule has 0 aliphatic rings. The van der Waals surface area contributed by atoms with Crippen LogP contribution in [0, 0.1) is 0 Å². The van der Waals surface area contributed by atoms with Crippen LogP contribution in [0.5, 0.6) is 0 Å². The molecule has 3 nitrogen and oxygen atoms in total. The van der Waals surface area contributed by atoms with Crippen LogP contribution in [0.25, 0.3) is 0 Å². The standard InChI is InChI=1S/C13H19NO2/c1-4-10-13(15-2,16-3)14-11-12-8-6-5-7-9-12/h5-9,11H,4,10H2,1-3H3/b14-11+. The van der Waals surface area contributed by atoms with Gasteiger partial charge in [0.1, 0.15) is 0 Å². The molecule has 1 aromatic carbocycles. The number of rotatable bonds is 6. The lowest BCUT2D eigenvalue weighted by atomic mass is 10.2. The topological polar surface area (TPSA) is 30.8 Å². The van der Waals surface area contributed by atoms with Crippen LogP contribution in [0.4, 0.5) is 0 Å². The Morgan fingerprint density at radius 3 is 2.31 bits per heavy atom. The summed E-state index contributed by atoms with van der Waals surface area (Å²) >= 11 is 0. The van der Waals surface area contributed by atoms with E-state index in [1.807, 2.05) is 30.3 Å². The monoisotopic (exact) mass is 221 g/mol. The van der Waals surface area contributed by atoms with E-state index in [9.17, 15) is 0 Å². The van der Waals surface area contributed by atoms with E-state index in [1.54, 1.807) is 20.4 Å². The zero-order valence-electron chi connectivity index (χ0n) is 10.1. The van der Waals surface area contributed by atoms with Crippen LogP contribution < -0.4 is 0 Å². The summed E-state index contributed by atoms with van der Waals surface area (Å²) in [6.45, 7) is 2.07. The fraction of sp³-hybridized carbons (Fsp3) is 0.462. The van der Waals surface area contributed by atoms with Crippen molar-refractivity contribution in [2.45, 2.75) is 25.7 Å². The summed E-state index contributed by atoms with van der Waals surface area (Å²) in [6.07, 6.45) is 3.47. The molecule has 0 amide bonds. The van der Waals surface area contributed by atoms with Gasteiger partial charge in [-0.05, 0) is 12.0 Å². The van der Waals surface area contributed by atoms with E-state index >= 15 is 0 Å². The average Bonchev–Trinajstić information content (AvgIpc) is 2.36. The predicted octanol–water partition coefficient (Wildman–Crippen LogP) is 2.85. The fourth-order valence-electron chi connectivity index (χ4n) is 1.49. The molecular weight excluding hydrogens is 202 g/mol. The third-order valence-electron chi connectivity index (χ3n) is 2.41. The molecular formula is C13H19NO2. The van der Waals surface area contributed by atoms with E-state index in [-0.39, 0.29) is 0 Å². The molecule has 16 heavy (non-hydrogen) atoms. The van der Waals surface area contributed by atoms with E-state index in [0.29, 0.717) is 0 Å². The van der Waals surface area contributed by atoms with Crippen LogP contribution in [0.2, 0.25) is 0 Å². The number of benzene rings is 1. The maximum absolute atomic E-state index is 5.33. The molecule has 0 saturated heterocycles. The molecule has 0 atom stereocenters.